The minimum atomic E-state index is -2.38. The fourth-order valence-corrected chi connectivity index (χ4v) is 15.5. The van der Waals surface area contributed by atoms with E-state index in [2.05, 4.69) is 131 Å². The lowest BCUT2D eigenvalue weighted by Gasteiger charge is -2.42. The van der Waals surface area contributed by atoms with Crippen molar-refractivity contribution in [3.63, 3.8) is 0 Å². The van der Waals surface area contributed by atoms with Gasteiger partial charge in [0.15, 0.2) is 0 Å². The largest absolute Gasteiger partial charge is 0.543 e. The molecule has 6 bridgehead atoms. The van der Waals surface area contributed by atoms with Crippen LogP contribution in [-0.4, -0.2) is 66.2 Å². The van der Waals surface area contributed by atoms with E-state index in [1.807, 2.05) is 6.07 Å². The Morgan fingerprint density at radius 1 is 1.04 bits per heavy atom. The van der Waals surface area contributed by atoms with Crippen molar-refractivity contribution in [2.45, 2.75) is 149 Å². The zero-order valence-electron chi connectivity index (χ0n) is 34.8. The standard InChI is InChI=1S/C43H61IN4O6Si/c1-13-47-35-15-14-28-20-31(35)33(38(47)44)22-43(11,12)23-52-40(50)37-32-21-36(32)48(46-37)39(49)34(45-41(51)53-42(8,9)10)18-27-16-29(28)19-30(17-27)54-55(24(2)3,25(4)5)26(6)7/h14-17,19-20,24-26,32,34,36-37,46H,13,18,21-23H2,1-12H3,(H,45,51)/t32?,34-,36?,37?/m0/s1. The van der Waals surface area contributed by atoms with Crippen LogP contribution in [0.5, 0.6) is 5.75 Å². The second-order valence-corrected chi connectivity index (χ2v) is 25.1. The average Bonchev–Trinajstić information content (AvgIpc) is 3.71. The molecule has 2 aromatic carbocycles. The number of nitrogens with zero attached hydrogens (tertiary/aromatic N) is 2. The maximum absolute atomic E-state index is 14.5. The number of hydrogen-bond donors (Lipinski definition) is 2. The highest BCUT2D eigenvalue weighted by Gasteiger charge is 2.59. The first-order valence-corrected chi connectivity index (χ1v) is 23.3. The van der Waals surface area contributed by atoms with Crippen LogP contribution in [0.15, 0.2) is 36.4 Å². The Bertz CT molecular complexity index is 1940. The SMILES string of the molecule is CCn1c(I)c2c3cc(ccc31)-c1cc(cc(O[Si](C(C)C)(C(C)C)C(C)C)c1)C[C@H](NC(=O)OC(C)(C)C)C(=O)N1NC(C(=O)OCC(C)(C)C2)C2CC21. The number of carbonyl (C=O) groups excluding carboxylic acids is 3. The van der Waals surface area contributed by atoms with Gasteiger partial charge in [-0.1, -0.05) is 67.5 Å². The molecule has 12 heteroatoms. The minimum Gasteiger partial charge on any atom is -0.543 e. The summed E-state index contributed by atoms with van der Waals surface area (Å²) in [6.45, 7) is 26.6. The molecule has 2 amide bonds. The number of rotatable bonds is 7. The molecule has 2 fully saturated rings. The molecule has 3 unspecified atom stereocenters. The Morgan fingerprint density at radius 2 is 1.71 bits per heavy atom. The van der Waals surface area contributed by atoms with Gasteiger partial charge in [0.05, 0.1) is 16.3 Å². The molecule has 1 saturated carbocycles. The lowest BCUT2D eigenvalue weighted by Crippen LogP contribution is -2.56. The first kappa shape index (κ1) is 41.5. The third-order valence-corrected chi connectivity index (χ3v) is 19.0. The number of hydrazine groups is 1. The number of aromatic nitrogens is 1. The van der Waals surface area contributed by atoms with Gasteiger partial charge in [-0.2, -0.15) is 0 Å². The lowest BCUT2D eigenvalue weighted by molar-refractivity contribution is -0.151. The molecule has 1 aromatic heterocycles. The molecular weight excluding hydrogens is 823 g/mol. The van der Waals surface area contributed by atoms with Crippen LogP contribution in [0.1, 0.15) is 101 Å². The molecule has 300 valence electrons. The van der Waals surface area contributed by atoms with Crippen LogP contribution in [0.3, 0.4) is 0 Å². The monoisotopic (exact) mass is 884 g/mol. The van der Waals surface area contributed by atoms with Crippen LogP contribution < -0.4 is 15.2 Å². The van der Waals surface area contributed by atoms with E-state index in [0.29, 0.717) is 23.0 Å². The molecule has 2 N–H and O–H groups in total. The fraction of sp³-hybridized carbons (Fsp3) is 0.605. The normalized spacial score (nSPS) is 22.9. The Hall–Kier alpha value is -3.10. The van der Waals surface area contributed by atoms with Gasteiger partial charge in [-0.15, -0.1) is 0 Å². The van der Waals surface area contributed by atoms with Gasteiger partial charge in [0.1, 0.15) is 23.4 Å². The Kier molecular flexibility index (Phi) is 11.6. The average molecular weight is 885 g/mol. The molecule has 2 aliphatic heterocycles. The second kappa shape index (κ2) is 15.3. The number of hydrogen-bond acceptors (Lipinski definition) is 7. The molecule has 10 nitrogen and oxygen atoms in total. The van der Waals surface area contributed by atoms with Gasteiger partial charge in [0.2, 0.25) is 0 Å². The smallest absolute Gasteiger partial charge is 0.408 e. The molecule has 1 aliphatic carbocycles. The third-order valence-electron chi connectivity index (χ3n) is 11.7. The predicted molar refractivity (Wildman–Crippen MR) is 228 cm³/mol. The van der Waals surface area contributed by atoms with Crippen LogP contribution in [0.25, 0.3) is 22.0 Å². The summed E-state index contributed by atoms with van der Waals surface area (Å²) in [6.07, 6.45) is 0.927. The molecule has 3 heterocycles. The van der Waals surface area contributed by atoms with Gasteiger partial charge in [0.25, 0.3) is 14.2 Å². The molecule has 4 atom stereocenters. The van der Waals surface area contributed by atoms with E-state index >= 15 is 0 Å². The summed E-state index contributed by atoms with van der Waals surface area (Å²) >= 11 is 2.47. The summed E-state index contributed by atoms with van der Waals surface area (Å²) in [5.74, 6) is 0.0534. The summed E-state index contributed by atoms with van der Waals surface area (Å²) < 4.78 is 22.6. The van der Waals surface area contributed by atoms with Crippen LogP contribution in [0, 0.1) is 15.0 Å². The van der Waals surface area contributed by atoms with Gasteiger partial charge < -0.3 is 23.8 Å². The molecule has 55 heavy (non-hydrogen) atoms. The zero-order valence-corrected chi connectivity index (χ0v) is 37.9. The van der Waals surface area contributed by atoms with Crippen LogP contribution in [-0.2, 0) is 38.4 Å². The predicted octanol–water partition coefficient (Wildman–Crippen LogP) is 9.15. The van der Waals surface area contributed by atoms with E-state index in [0.717, 1.165) is 40.9 Å². The molecule has 1 saturated heterocycles. The van der Waals surface area contributed by atoms with Crippen molar-refractivity contribution in [1.29, 1.82) is 0 Å². The summed E-state index contributed by atoms with van der Waals surface area (Å²) in [7, 11) is -2.38. The number of nitrogens with one attached hydrogen (secondary N) is 2. The maximum atomic E-state index is 14.5. The first-order valence-electron chi connectivity index (χ1n) is 20.0. The van der Waals surface area contributed by atoms with E-state index in [1.165, 1.54) is 14.7 Å². The zero-order chi connectivity index (χ0) is 40.4. The molecule has 3 aliphatic rings. The second-order valence-electron chi connectivity index (χ2n) is 18.7. The fourth-order valence-electron chi connectivity index (χ4n) is 9.20. The number of alkyl carbamates (subject to hydrolysis) is 1. The van der Waals surface area contributed by atoms with Gasteiger partial charge >= 0.3 is 12.1 Å². The third kappa shape index (κ3) is 8.33. The van der Waals surface area contributed by atoms with E-state index < -0.39 is 32.1 Å². The van der Waals surface area contributed by atoms with Gasteiger partial charge in [-0.3, -0.25) is 14.6 Å². The Balaban J connectivity index is 1.54. The van der Waals surface area contributed by atoms with Crippen molar-refractivity contribution >= 4 is 59.8 Å². The van der Waals surface area contributed by atoms with Crippen molar-refractivity contribution in [2.24, 2.45) is 11.3 Å². The van der Waals surface area contributed by atoms with E-state index in [1.54, 1.807) is 25.8 Å². The molecule has 3 aromatic rings. The number of cyclic esters (lactones) is 1. The van der Waals surface area contributed by atoms with Gasteiger partial charge in [0, 0.05) is 35.2 Å². The Labute approximate surface area is 342 Å². The molecule has 0 spiro atoms. The topological polar surface area (TPSA) is 111 Å². The highest BCUT2D eigenvalue weighted by atomic mass is 127. The summed E-state index contributed by atoms with van der Waals surface area (Å²) in [5.41, 5.74) is 8.41. The summed E-state index contributed by atoms with van der Waals surface area (Å²) in [6, 6.07) is 11.2. The van der Waals surface area contributed by atoms with Crippen molar-refractivity contribution < 1.29 is 28.3 Å². The lowest BCUT2D eigenvalue weighted by atomic mass is 9.86. The van der Waals surface area contributed by atoms with Crippen molar-refractivity contribution in [3.05, 3.63) is 51.2 Å². The van der Waals surface area contributed by atoms with E-state index in [4.69, 9.17) is 13.9 Å². The molecular formula is C43H61IN4O6Si. The van der Waals surface area contributed by atoms with Crippen molar-refractivity contribution in [3.8, 4) is 16.9 Å². The quantitative estimate of drug-likeness (QED) is 0.138. The minimum absolute atomic E-state index is 0.0472. The highest BCUT2D eigenvalue weighted by Crippen LogP contribution is 2.46. The van der Waals surface area contributed by atoms with Crippen molar-refractivity contribution in [2.75, 3.05) is 6.61 Å². The number of amides is 2. The number of carbonyl (C=O) groups is 3. The maximum Gasteiger partial charge on any atom is 0.408 e. The van der Waals surface area contributed by atoms with Crippen molar-refractivity contribution in [1.82, 2.24) is 20.3 Å². The molecule has 6 rings (SSSR count). The number of aryl methyl sites for hydroxylation is 1. The summed E-state index contributed by atoms with van der Waals surface area (Å²) in [5, 5.41) is 5.63. The van der Waals surface area contributed by atoms with Crippen LogP contribution in [0.2, 0.25) is 16.6 Å². The van der Waals surface area contributed by atoms with Gasteiger partial charge in [-0.05, 0) is 126 Å². The van der Waals surface area contributed by atoms with Gasteiger partial charge in [-0.25, -0.2) is 10.2 Å². The molecule has 0 radical (unpaired) electrons. The number of ether oxygens (including phenoxy) is 2. The van der Waals surface area contributed by atoms with E-state index in [9.17, 15) is 14.4 Å². The number of fused-ring (bicyclic) bond motifs is 9. The Morgan fingerprint density at radius 3 is 2.33 bits per heavy atom. The number of benzene rings is 2. The first-order chi connectivity index (χ1) is 25.7. The van der Waals surface area contributed by atoms with Crippen LogP contribution in [0.4, 0.5) is 4.79 Å². The van der Waals surface area contributed by atoms with Crippen LogP contribution >= 0.6 is 22.6 Å². The summed E-state index contributed by atoms with van der Waals surface area (Å²) in [4.78, 5) is 41.5. The number of esters is 1. The van der Waals surface area contributed by atoms with E-state index in [-0.39, 0.29) is 42.3 Å². The number of halogens is 1. The highest BCUT2D eigenvalue weighted by molar-refractivity contribution is 14.1.